The molecule has 0 radical (unpaired) electrons. The lowest BCUT2D eigenvalue weighted by Gasteiger charge is -2.02. The lowest BCUT2D eigenvalue weighted by molar-refractivity contribution is 0.576. The van der Waals surface area contributed by atoms with Crippen LogP contribution in [-0.4, -0.2) is 0 Å². The van der Waals surface area contributed by atoms with Crippen molar-refractivity contribution in [2.75, 3.05) is 0 Å². The Kier molecular flexibility index (Phi) is 12.1. The van der Waals surface area contributed by atoms with Crippen LogP contribution in [0.5, 0.6) is 0 Å². The molecule has 0 bridgehead atoms. The number of fused-ring (bicyclic) bond motifs is 7. The van der Waals surface area contributed by atoms with Crippen LogP contribution in [0, 0.1) is 0 Å². The average Bonchev–Trinajstić information content (AvgIpc) is 3.68. The van der Waals surface area contributed by atoms with Crippen LogP contribution in [0.4, 0.5) is 0 Å². The van der Waals surface area contributed by atoms with E-state index in [0.29, 0.717) is 0 Å². The molecule has 0 atom stereocenters. The lowest BCUT2D eigenvalue weighted by atomic mass is 10.1. The molecule has 0 saturated carbocycles. The highest BCUT2D eigenvalue weighted by Crippen LogP contribution is 2.56. The van der Waals surface area contributed by atoms with Crippen molar-refractivity contribution in [2.24, 2.45) is 0 Å². The van der Waals surface area contributed by atoms with Gasteiger partial charge < -0.3 is 0 Å². The average molecular weight is 747 g/mol. The largest absolute Gasteiger partial charge is 0.131 e. The first-order valence-electron chi connectivity index (χ1n) is 15.3. The van der Waals surface area contributed by atoms with Gasteiger partial charge in [-0.2, -0.15) is 0 Å². The van der Waals surface area contributed by atoms with Crippen molar-refractivity contribution in [3.63, 3.8) is 0 Å². The van der Waals surface area contributed by atoms with E-state index in [2.05, 4.69) is 79.7 Å². The van der Waals surface area contributed by atoms with E-state index in [0.717, 1.165) is 0 Å². The minimum atomic E-state index is 1.22. The van der Waals surface area contributed by atoms with Gasteiger partial charge in [0.15, 0.2) is 0 Å². The SMILES string of the molecule is CCCCCCCCCCc1c(Br)sc2c1sc1c2sc2c3sc(Br)c(CCCCCCCCCC)c3sc21. The highest BCUT2D eigenvalue weighted by molar-refractivity contribution is 9.11. The van der Waals surface area contributed by atoms with Crippen LogP contribution in [0.25, 0.3) is 37.6 Å². The summed E-state index contributed by atoms with van der Waals surface area (Å²) >= 11 is 18.1. The summed E-state index contributed by atoms with van der Waals surface area (Å²) in [5.41, 5.74) is 3.16. The predicted molar refractivity (Wildman–Crippen MR) is 194 cm³/mol. The molecule has 7 heteroatoms. The Balaban J connectivity index is 1.26. The molecule has 214 valence electrons. The zero-order valence-electron chi connectivity index (χ0n) is 23.5. The fraction of sp³-hybridized carbons (Fsp3) is 0.625. The van der Waals surface area contributed by atoms with E-state index < -0.39 is 0 Å². The van der Waals surface area contributed by atoms with Crippen molar-refractivity contribution in [3.05, 3.63) is 18.7 Å². The summed E-state index contributed by atoms with van der Waals surface area (Å²) in [6.07, 6.45) is 24.7. The molecule has 0 saturated heterocycles. The van der Waals surface area contributed by atoms with E-state index in [-0.39, 0.29) is 0 Å². The Bertz CT molecular complexity index is 1370. The van der Waals surface area contributed by atoms with Crippen molar-refractivity contribution < 1.29 is 0 Å². The summed E-state index contributed by atoms with van der Waals surface area (Å²) in [6, 6.07) is 0. The number of rotatable bonds is 18. The molecule has 0 unspecified atom stereocenters. The molecular weight excluding hydrogens is 704 g/mol. The Morgan fingerprint density at radius 3 is 1.00 bits per heavy atom. The fourth-order valence-corrected chi connectivity index (χ4v) is 15.1. The molecule has 5 rings (SSSR count). The van der Waals surface area contributed by atoms with Gasteiger partial charge in [-0.05, 0) is 68.7 Å². The van der Waals surface area contributed by atoms with Gasteiger partial charge >= 0.3 is 0 Å². The Labute approximate surface area is 271 Å². The van der Waals surface area contributed by atoms with Crippen LogP contribution in [0.1, 0.15) is 128 Å². The predicted octanol–water partition coefficient (Wildman–Crippen LogP) is 15.5. The summed E-state index contributed by atoms with van der Waals surface area (Å²) in [6.45, 7) is 4.60. The molecule has 5 aromatic rings. The highest BCUT2D eigenvalue weighted by Gasteiger charge is 2.24. The minimum Gasteiger partial charge on any atom is -0.131 e. The van der Waals surface area contributed by atoms with Crippen LogP contribution in [0.3, 0.4) is 0 Å². The summed E-state index contributed by atoms with van der Waals surface area (Å²) in [4.78, 5) is 0. The second-order valence-corrected chi connectivity index (χ2v) is 18.8. The third-order valence-corrected chi connectivity index (χ3v) is 16.7. The quantitative estimate of drug-likeness (QED) is 0.0784. The summed E-state index contributed by atoms with van der Waals surface area (Å²) in [5.74, 6) is 0. The van der Waals surface area contributed by atoms with Gasteiger partial charge in [0, 0.05) is 0 Å². The summed E-state index contributed by atoms with van der Waals surface area (Å²) < 4.78 is 15.2. The van der Waals surface area contributed by atoms with E-state index in [1.54, 1.807) is 39.3 Å². The van der Waals surface area contributed by atoms with Crippen LogP contribution in [0.2, 0.25) is 0 Å². The molecule has 0 aliphatic rings. The molecular formula is C32H42Br2S5. The second-order valence-electron chi connectivity index (χ2n) is 11.1. The summed E-state index contributed by atoms with van der Waals surface area (Å²) in [5, 5.41) is 0. The van der Waals surface area contributed by atoms with E-state index >= 15 is 0 Å². The Hall–Kier alpha value is 0.500. The van der Waals surface area contributed by atoms with Gasteiger partial charge in [-0.25, -0.2) is 0 Å². The van der Waals surface area contributed by atoms with E-state index in [1.807, 2.05) is 22.7 Å². The van der Waals surface area contributed by atoms with Crippen LogP contribution in [0.15, 0.2) is 7.57 Å². The molecule has 0 fully saturated rings. The maximum atomic E-state index is 3.95. The van der Waals surface area contributed by atoms with Crippen molar-refractivity contribution in [1.29, 1.82) is 0 Å². The van der Waals surface area contributed by atoms with Crippen LogP contribution in [-0.2, 0) is 12.8 Å². The number of aryl methyl sites for hydroxylation is 2. The number of unbranched alkanes of at least 4 members (excludes halogenated alkanes) is 14. The van der Waals surface area contributed by atoms with Gasteiger partial charge in [0.25, 0.3) is 0 Å². The fourth-order valence-electron chi connectivity index (χ4n) is 5.75. The number of thiophene rings is 5. The molecule has 0 amide bonds. The molecule has 0 aliphatic heterocycles. The lowest BCUT2D eigenvalue weighted by Crippen LogP contribution is -1.85. The van der Waals surface area contributed by atoms with Gasteiger partial charge in [-0.1, -0.05) is 104 Å². The maximum Gasteiger partial charge on any atom is 0.0751 e. The number of halogens is 2. The van der Waals surface area contributed by atoms with Crippen molar-refractivity contribution in [3.8, 4) is 0 Å². The zero-order valence-corrected chi connectivity index (χ0v) is 30.8. The van der Waals surface area contributed by atoms with E-state index in [9.17, 15) is 0 Å². The van der Waals surface area contributed by atoms with Gasteiger partial charge in [0.2, 0.25) is 0 Å². The first-order valence-corrected chi connectivity index (χ1v) is 21.0. The summed E-state index contributed by atoms with van der Waals surface area (Å²) in [7, 11) is 0. The number of hydrogen-bond acceptors (Lipinski definition) is 5. The first kappa shape index (κ1) is 30.9. The molecule has 0 nitrogen and oxygen atoms in total. The normalized spacial score (nSPS) is 12.4. The standard InChI is InChI=1S/C32H42Br2S5/c1-3-5-7-9-11-13-15-17-19-21-23-25(38-31(21)33)27-29(35-23)30-28(37-27)26-24(36-30)22(32(34)39-26)20-18-16-14-12-10-8-6-4-2/h3-20H2,1-2H3. The third-order valence-electron chi connectivity index (χ3n) is 8.02. The Morgan fingerprint density at radius 2 is 0.641 bits per heavy atom. The second kappa shape index (κ2) is 15.3. The monoisotopic (exact) mass is 744 g/mol. The molecule has 5 aromatic heterocycles. The van der Waals surface area contributed by atoms with Crippen molar-refractivity contribution in [2.45, 2.75) is 129 Å². The zero-order chi connectivity index (χ0) is 27.2. The topological polar surface area (TPSA) is 0 Å². The highest BCUT2D eigenvalue weighted by atomic mass is 79.9. The third kappa shape index (κ3) is 7.18. The van der Waals surface area contributed by atoms with E-state index in [4.69, 9.17) is 0 Å². The smallest absolute Gasteiger partial charge is 0.0751 e. The Morgan fingerprint density at radius 1 is 0.359 bits per heavy atom. The molecule has 39 heavy (non-hydrogen) atoms. The van der Waals surface area contributed by atoms with E-state index in [1.165, 1.54) is 133 Å². The van der Waals surface area contributed by atoms with Crippen molar-refractivity contribution >= 4 is 126 Å². The maximum absolute atomic E-state index is 3.95. The molecule has 0 aliphatic carbocycles. The molecule has 0 N–H and O–H groups in total. The van der Waals surface area contributed by atoms with Gasteiger partial charge in [-0.15, -0.1) is 56.7 Å². The first-order chi connectivity index (χ1) is 19.1. The number of hydrogen-bond donors (Lipinski definition) is 0. The minimum absolute atomic E-state index is 1.22. The van der Waals surface area contributed by atoms with Gasteiger partial charge in [0.05, 0.1) is 45.2 Å². The van der Waals surface area contributed by atoms with Crippen LogP contribution >= 0.6 is 88.5 Å². The molecule has 0 aromatic carbocycles. The molecule has 5 heterocycles. The van der Waals surface area contributed by atoms with Crippen LogP contribution < -0.4 is 0 Å². The van der Waals surface area contributed by atoms with Gasteiger partial charge in [-0.3, -0.25) is 0 Å². The molecule has 0 spiro atoms. The van der Waals surface area contributed by atoms with Gasteiger partial charge in [0.1, 0.15) is 0 Å². The van der Waals surface area contributed by atoms with Crippen molar-refractivity contribution in [1.82, 2.24) is 0 Å².